The number of carbonyl (C=O) groups is 3. The van der Waals surface area contributed by atoms with E-state index in [1.807, 2.05) is 30.3 Å². The van der Waals surface area contributed by atoms with Crippen molar-refractivity contribution in [2.45, 2.75) is 44.9 Å². The number of esters is 1. The highest BCUT2D eigenvalue weighted by molar-refractivity contribution is 7.80. The van der Waals surface area contributed by atoms with Gasteiger partial charge in [-0.15, -0.1) is 0 Å². The van der Waals surface area contributed by atoms with Crippen LogP contribution in [0.4, 0.5) is 4.79 Å². The summed E-state index contributed by atoms with van der Waals surface area (Å²) in [5.74, 6) is -1.06. The first-order valence-corrected chi connectivity index (χ1v) is 8.82. The third kappa shape index (κ3) is 7.77. The van der Waals surface area contributed by atoms with E-state index < -0.39 is 35.7 Å². The lowest BCUT2D eigenvalue weighted by Crippen LogP contribution is -2.53. The third-order valence-electron chi connectivity index (χ3n) is 3.27. The van der Waals surface area contributed by atoms with E-state index in [0.717, 1.165) is 5.56 Å². The van der Waals surface area contributed by atoms with Crippen LogP contribution in [-0.4, -0.2) is 48.5 Å². The van der Waals surface area contributed by atoms with Gasteiger partial charge in [-0.25, -0.2) is 9.59 Å². The van der Waals surface area contributed by atoms with E-state index in [2.05, 4.69) is 28.0 Å². The molecule has 0 heterocycles. The number of methoxy groups -OCH3 is 1. The van der Waals surface area contributed by atoms with Crippen molar-refractivity contribution in [2.24, 2.45) is 0 Å². The van der Waals surface area contributed by atoms with Crippen molar-refractivity contribution in [1.29, 1.82) is 0 Å². The minimum atomic E-state index is -0.917. The molecule has 2 amide bonds. The molecule has 0 aliphatic carbocycles. The average Bonchev–Trinajstić information content (AvgIpc) is 2.57. The Labute approximate surface area is 159 Å². The third-order valence-corrected chi connectivity index (χ3v) is 3.64. The van der Waals surface area contributed by atoms with Gasteiger partial charge in [0.05, 0.1) is 7.11 Å². The number of carbonyl (C=O) groups excluding carboxylic acids is 3. The summed E-state index contributed by atoms with van der Waals surface area (Å²) in [4.78, 5) is 36.4. The molecule has 7 nitrogen and oxygen atoms in total. The minimum absolute atomic E-state index is 0.0723. The molecule has 26 heavy (non-hydrogen) atoms. The summed E-state index contributed by atoms with van der Waals surface area (Å²) in [6, 6.07) is 7.38. The molecule has 0 saturated heterocycles. The predicted molar refractivity (Wildman–Crippen MR) is 101 cm³/mol. The predicted octanol–water partition coefficient (Wildman–Crippen LogP) is 1.71. The SMILES string of the molecule is COC(=O)[C@@H](CS)NC(=O)[C@H](Cc1ccccc1)NC(=O)OC(C)(C)C. The number of alkyl carbamates (subject to hydrolysis) is 1. The van der Waals surface area contributed by atoms with Crippen molar-refractivity contribution in [3.8, 4) is 0 Å². The van der Waals surface area contributed by atoms with Crippen molar-refractivity contribution in [2.75, 3.05) is 12.9 Å². The van der Waals surface area contributed by atoms with Crippen molar-refractivity contribution in [3.05, 3.63) is 35.9 Å². The zero-order chi connectivity index (χ0) is 19.7. The van der Waals surface area contributed by atoms with E-state index >= 15 is 0 Å². The van der Waals surface area contributed by atoms with Crippen LogP contribution in [0.3, 0.4) is 0 Å². The first-order chi connectivity index (χ1) is 12.2. The number of benzene rings is 1. The van der Waals surface area contributed by atoms with Crippen LogP contribution in [0, 0.1) is 0 Å². The van der Waals surface area contributed by atoms with E-state index in [9.17, 15) is 14.4 Å². The Kier molecular flexibility index (Phi) is 8.44. The number of hydrogen-bond donors (Lipinski definition) is 3. The van der Waals surface area contributed by atoms with Crippen molar-refractivity contribution in [3.63, 3.8) is 0 Å². The Balaban J connectivity index is 2.89. The van der Waals surface area contributed by atoms with Crippen molar-refractivity contribution in [1.82, 2.24) is 10.6 Å². The quantitative estimate of drug-likeness (QED) is 0.493. The van der Waals surface area contributed by atoms with Gasteiger partial charge in [-0.2, -0.15) is 12.6 Å². The Morgan fingerprint density at radius 2 is 1.69 bits per heavy atom. The lowest BCUT2D eigenvalue weighted by molar-refractivity contribution is -0.144. The summed E-state index contributed by atoms with van der Waals surface area (Å²) in [7, 11) is 1.23. The number of hydrogen-bond acceptors (Lipinski definition) is 6. The molecule has 8 heteroatoms. The van der Waals surface area contributed by atoms with Gasteiger partial charge in [0.2, 0.25) is 5.91 Å². The first kappa shape index (κ1) is 21.8. The van der Waals surface area contributed by atoms with Gasteiger partial charge in [-0.3, -0.25) is 4.79 Å². The Hall–Kier alpha value is -2.22. The number of nitrogens with one attached hydrogen (secondary N) is 2. The monoisotopic (exact) mass is 382 g/mol. The molecule has 0 aromatic heterocycles. The normalized spacial score (nSPS) is 13.3. The second kappa shape index (κ2) is 10.1. The van der Waals surface area contributed by atoms with Gasteiger partial charge in [0.25, 0.3) is 0 Å². The number of rotatable bonds is 7. The molecule has 0 radical (unpaired) electrons. The maximum atomic E-state index is 12.6. The summed E-state index contributed by atoms with van der Waals surface area (Å²) in [6.45, 7) is 5.19. The topological polar surface area (TPSA) is 93.7 Å². The first-order valence-electron chi connectivity index (χ1n) is 8.18. The number of ether oxygens (including phenoxy) is 2. The molecular weight excluding hydrogens is 356 g/mol. The van der Waals surface area contributed by atoms with E-state index in [-0.39, 0.29) is 12.2 Å². The highest BCUT2D eigenvalue weighted by Gasteiger charge is 2.28. The highest BCUT2D eigenvalue weighted by atomic mass is 32.1. The van der Waals surface area contributed by atoms with E-state index in [1.54, 1.807) is 20.8 Å². The molecule has 144 valence electrons. The average molecular weight is 382 g/mol. The van der Waals surface area contributed by atoms with Crippen LogP contribution in [0.25, 0.3) is 0 Å². The van der Waals surface area contributed by atoms with Gasteiger partial charge >= 0.3 is 12.1 Å². The molecule has 2 N–H and O–H groups in total. The smallest absolute Gasteiger partial charge is 0.408 e. The van der Waals surface area contributed by atoms with Gasteiger partial charge in [0.1, 0.15) is 17.7 Å². The Morgan fingerprint density at radius 3 is 2.19 bits per heavy atom. The number of thiol groups is 1. The Morgan fingerprint density at radius 1 is 1.08 bits per heavy atom. The van der Waals surface area contributed by atoms with Gasteiger partial charge < -0.3 is 20.1 Å². The maximum absolute atomic E-state index is 12.6. The standard InChI is InChI=1S/C18H26N2O5S/c1-18(2,3)25-17(23)20-13(10-12-8-6-5-7-9-12)15(21)19-14(11-26)16(22)24-4/h5-9,13-14,26H,10-11H2,1-4H3,(H,19,21)(H,20,23)/t13-,14+/m0/s1. The van der Waals surface area contributed by atoms with Gasteiger partial charge in [0.15, 0.2) is 0 Å². The molecule has 1 aromatic rings. The second-order valence-electron chi connectivity index (χ2n) is 6.66. The summed E-state index contributed by atoms with van der Waals surface area (Å²) in [5.41, 5.74) is 0.154. The van der Waals surface area contributed by atoms with Crippen LogP contribution >= 0.6 is 12.6 Å². The van der Waals surface area contributed by atoms with Crippen LogP contribution in [-0.2, 0) is 25.5 Å². The molecular formula is C18H26N2O5S. The van der Waals surface area contributed by atoms with E-state index in [4.69, 9.17) is 4.74 Å². The molecule has 1 aromatic carbocycles. The molecule has 1 rings (SSSR count). The van der Waals surface area contributed by atoms with Crippen LogP contribution in [0.15, 0.2) is 30.3 Å². The van der Waals surface area contributed by atoms with Crippen LogP contribution in [0.5, 0.6) is 0 Å². The summed E-state index contributed by atoms with van der Waals surface area (Å²) >= 11 is 4.05. The van der Waals surface area contributed by atoms with E-state index in [1.165, 1.54) is 7.11 Å². The largest absolute Gasteiger partial charge is 0.467 e. The fourth-order valence-corrected chi connectivity index (χ4v) is 2.34. The van der Waals surface area contributed by atoms with Gasteiger partial charge in [-0.1, -0.05) is 30.3 Å². The lowest BCUT2D eigenvalue weighted by atomic mass is 10.1. The molecule has 0 bridgehead atoms. The van der Waals surface area contributed by atoms with Crippen molar-refractivity contribution < 1.29 is 23.9 Å². The van der Waals surface area contributed by atoms with Crippen molar-refractivity contribution >= 4 is 30.6 Å². The summed E-state index contributed by atoms with van der Waals surface area (Å²) < 4.78 is 9.85. The molecule has 0 aliphatic heterocycles. The summed E-state index contributed by atoms with van der Waals surface area (Å²) in [6.07, 6.45) is -0.471. The minimum Gasteiger partial charge on any atom is -0.467 e. The molecule has 0 spiro atoms. The lowest BCUT2D eigenvalue weighted by Gasteiger charge is -2.24. The van der Waals surface area contributed by atoms with Gasteiger partial charge in [-0.05, 0) is 26.3 Å². The molecule has 0 unspecified atom stereocenters. The van der Waals surface area contributed by atoms with Gasteiger partial charge in [0, 0.05) is 12.2 Å². The maximum Gasteiger partial charge on any atom is 0.408 e. The zero-order valence-corrected chi connectivity index (χ0v) is 16.3. The zero-order valence-electron chi connectivity index (χ0n) is 15.4. The fourth-order valence-electron chi connectivity index (χ4n) is 2.10. The van der Waals surface area contributed by atoms with E-state index in [0.29, 0.717) is 0 Å². The molecule has 0 fully saturated rings. The molecule has 0 saturated carbocycles. The number of amides is 2. The highest BCUT2D eigenvalue weighted by Crippen LogP contribution is 2.09. The Bertz CT molecular complexity index is 616. The molecule has 0 aliphatic rings. The van der Waals surface area contributed by atoms with Crippen LogP contribution < -0.4 is 10.6 Å². The fraction of sp³-hybridized carbons (Fsp3) is 0.500. The van der Waals surface area contributed by atoms with Crippen LogP contribution in [0.1, 0.15) is 26.3 Å². The van der Waals surface area contributed by atoms with Crippen LogP contribution in [0.2, 0.25) is 0 Å². The molecule has 2 atom stereocenters. The summed E-state index contributed by atoms with van der Waals surface area (Å²) in [5, 5.41) is 5.10. The second-order valence-corrected chi connectivity index (χ2v) is 7.02.